The van der Waals surface area contributed by atoms with E-state index in [-0.39, 0.29) is 5.84 Å². The Morgan fingerprint density at radius 3 is 2.53 bits per heavy atom. The number of carboxylic acids is 1. The molecule has 0 fully saturated rings. The molecule has 34 heavy (non-hydrogen) atoms. The molecule has 1 aromatic heterocycles. The normalized spacial score (nSPS) is 11.7. The van der Waals surface area contributed by atoms with Gasteiger partial charge in [-0.3, -0.25) is 5.41 Å². The maximum Gasteiger partial charge on any atom is 0.330 e. The molecule has 8 heteroatoms. The number of nitrogens with one attached hydrogen (secondary N) is 2. The molecular weight excluding hydrogens is 448 g/mol. The van der Waals surface area contributed by atoms with Crippen molar-refractivity contribution >= 4 is 28.8 Å². The minimum absolute atomic E-state index is 0.0342. The molecule has 0 saturated heterocycles. The number of benzene rings is 2. The van der Waals surface area contributed by atoms with Gasteiger partial charge in [0.1, 0.15) is 11.6 Å². The summed E-state index contributed by atoms with van der Waals surface area (Å²) >= 11 is 1.60. The first-order valence-corrected chi connectivity index (χ1v) is 12.3. The number of nitrogens with zero attached hydrogens (tertiary/aromatic N) is 1. The molecule has 0 spiro atoms. The fourth-order valence-corrected chi connectivity index (χ4v) is 4.59. The van der Waals surface area contributed by atoms with Crippen LogP contribution >= 0.6 is 11.3 Å². The summed E-state index contributed by atoms with van der Waals surface area (Å²) in [5.41, 5.74) is 12.3. The van der Waals surface area contributed by atoms with Gasteiger partial charge in [-0.05, 0) is 61.2 Å². The van der Waals surface area contributed by atoms with E-state index in [1.54, 1.807) is 35.6 Å². The molecule has 0 radical (unpaired) electrons. The minimum atomic E-state index is -0.995. The molecular formula is C26H32N4O3S. The quantitative estimate of drug-likeness (QED) is 0.211. The Bertz CT molecular complexity index is 1140. The number of anilines is 1. The van der Waals surface area contributed by atoms with E-state index in [0.717, 1.165) is 36.1 Å². The van der Waals surface area contributed by atoms with Crippen LogP contribution in [0.4, 0.5) is 5.69 Å². The van der Waals surface area contributed by atoms with Crippen molar-refractivity contribution in [3.63, 3.8) is 0 Å². The number of ether oxygens (including phenoxy) is 1. The van der Waals surface area contributed by atoms with E-state index in [0.29, 0.717) is 35.6 Å². The second-order valence-corrected chi connectivity index (χ2v) is 9.08. The van der Waals surface area contributed by atoms with Crippen molar-refractivity contribution in [1.82, 2.24) is 4.98 Å². The number of hydrogen-bond donors (Lipinski definition) is 4. The van der Waals surface area contributed by atoms with Crippen LogP contribution in [0.2, 0.25) is 0 Å². The van der Waals surface area contributed by atoms with Crippen molar-refractivity contribution in [3.8, 4) is 5.75 Å². The Morgan fingerprint density at radius 2 is 1.97 bits per heavy atom. The van der Waals surface area contributed by atoms with Crippen molar-refractivity contribution < 1.29 is 14.6 Å². The molecule has 0 amide bonds. The Kier molecular flexibility index (Phi) is 8.65. The first kappa shape index (κ1) is 25.2. The fraction of sp³-hybridized carbons (Fsp3) is 0.346. The summed E-state index contributed by atoms with van der Waals surface area (Å²) in [4.78, 5) is 17.9. The predicted octanol–water partition coefficient (Wildman–Crippen LogP) is 5.11. The van der Waals surface area contributed by atoms with Crippen molar-refractivity contribution in [1.29, 1.82) is 5.41 Å². The number of nitrogen functional groups attached to an aromatic ring is 1. The van der Waals surface area contributed by atoms with Crippen LogP contribution < -0.4 is 15.8 Å². The molecule has 1 heterocycles. The average molecular weight is 481 g/mol. The number of aliphatic carboxylic acids is 1. The van der Waals surface area contributed by atoms with Gasteiger partial charge in [0, 0.05) is 28.1 Å². The Hall–Kier alpha value is -3.39. The number of amidine groups is 1. The van der Waals surface area contributed by atoms with Crippen LogP contribution in [0.5, 0.6) is 5.75 Å². The molecule has 0 aliphatic carbocycles. The van der Waals surface area contributed by atoms with Gasteiger partial charge in [-0.25, -0.2) is 9.78 Å². The third-order valence-corrected chi connectivity index (χ3v) is 6.66. The summed E-state index contributed by atoms with van der Waals surface area (Å²) in [5.74, 6) is -0.385. The number of rotatable bonds is 12. The van der Waals surface area contributed by atoms with E-state index < -0.39 is 12.0 Å². The van der Waals surface area contributed by atoms with Gasteiger partial charge in [-0.1, -0.05) is 26.3 Å². The van der Waals surface area contributed by atoms with Gasteiger partial charge in [-0.15, -0.1) is 11.3 Å². The van der Waals surface area contributed by atoms with E-state index in [1.807, 2.05) is 18.5 Å². The van der Waals surface area contributed by atoms with Crippen molar-refractivity contribution in [2.75, 3.05) is 11.9 Å². The monoisotopic (exact) mass is 480 g/mol. The lowest BCUT2D eigenvalue weighted by Crippen LogP contribution is -2.22. The van der Waals surface area contributed by atoms with E-state index in [2.05, 4.69) is 30.2 Å². The minimum Gasteiger partial charge on any atom is -0.493 e. The van der Waals surface area contributed by atoms with Crippen LogP contribution in [0.15, 0.2) is 41.9 Å². The van der Waals surface area contributed by atoms with Gasteiger partial charge < -0.3 is 20.9 Å². The topological polar surface area (TPSA) is 121 Å². The second kappa shape index (κ2) is 11.7. The summed E-state index contributed by atoms with van der Waals surface area (Å²) in [7, 11) is 0. The molecule has 2 aromatic carbocycles. The zero-order valence-electron chi connectivity index (χ0n) is 19.9. The molecule has 1 unspecified atom stereocenters. The molecule has 180 valence electrons. The predicted molar refractivity (Wildman–Crippen MR) is 137 cm³/mol. The van der Waals surface area contributed by atoms with Crippen LogP contribution in [0.3, 0.4) is 0 Å². The summed E-state index contributed by atoms with van der Waals surface area (Å²) in [6, 6.07) is 9.92. The molecule has 7 nitrogen and oxygen atoms in total. The highest BCUT2D eigenvalue weighted by Crippen LogP contribution is 2.35. The molecule has 5 N–H and O–H groups in total. The van der Waals surface area contributed by atoms with Gasteiger partial charge in [0.25, 0.3) is 0 Å². The highest BCUT2D eigenvalue weighted by atomic mass is 32.1. The zero-order valence-corrected chi connectivity index (χ0v) is 20.7. The molecule has 3 rings (SSSR count). The Balaban J connectivity index is 1.96. The first-order chi connectivity index (χ1) is 16.3. The van der Waals surface area contributed by atoms with E-state index in [4.69, 9.17) is 15.9 Å². The molecule has 0 saturated carbocycles. The third kappa shape index (κ3) is 6.14. The molecule has 3 aromatic rings. The number of aryl methyl sites for hydroxylation is 3. The fourth-order valence-electron chi connectivity index (χ4n) is 3.83. The summed E-state index contributed by atoms with van der Waals surface area (Å²) in [5, 5.41) is 20.9. The van der Waals surface area contributed by atoms with Crippen LogP contribution in [0, 0.1) is 12.3 Å². The molecule has 0 aliphatic heterocycles. The SMILES string of the molecule is CCCc1cc(CC)cc(C(Nc2ccc(C(=N)N)cc2)C(=O)O)c1OCCc1scnc1C. The van der Waals surface area contributed by atoms with Gasteiger partial charge in [0.2, 0.25) is 0 Å². The molecule has 0 bridgehead atoms. The number of aromatic nitrogens is 1. The first-order valence-electron chi connectivity index (χ1n) is 11.4. The second-order valence-electron chi connectivity index (χ2n) is 8.14. The Morgan fingerprint density at radius 1 is 1.24 bits per heavy atom. The maximum atomic E-state index is 12.4. The molecule has 0 aliphatic rings. The van der Waals surface area contributed by atoms with Crippen molar-refractivity contribution in [2.24, 2.45) is 5.73 Å². The van der Waals surface area contributed by atoms with Crippen molar-refractivity contribution in [2.45, 2.75) is 52.5 Å². The maximum absolute atomic E-state index is 12.4. The van der Waals surface area contributed by atoms with Gasteiger partial charge >= 0.3 is 5.97 Å². The van der Waals surface area contributed by atoms with Crippen LogP contribution in [-0.2, 0) is 24.1 Å². The Labute approximate surface area is 204 Å². The van der Waals surface area contributed by atoms with E-state index in [1.165, 1.54) is 4.88 Å². The number of nitrogens with two attached hydrogens (primary N) is 1. The summed E-state index contributed by atoms with van der Waals surface area (Å²) in [6.45, 7) is 6.59. The smallest absolute Gasteiger partial charge is 0.330 e. The van der Waals surface area contributed by atoms with Gasteiger partial charge in [-0.2, -0.15) is 0 Å². The summed E-state index contributed by atoms with van der Waals surface area (Å²) < 4.78 is 6.30. The van der Waals surface area contributed by atoms with Crippen molar-refractivity contribution in [3.05, 3.63) is 74.7 Å². The van der Waals surface area contributed by atoms with Gasteiger partial charge in [0.05, 0.1) is 17.8 Å². The van der Waals surface area contributed by atoms with Crippen LogP contribution in [0.25, 0.3) is 0 Å². The highest BCUT2D eigenvalue weighted by Gasteiger charge is 2.26. The lowest BCUT2D eigenvalue weighted by molar-refractivity contribution is -0.138. The van der Waals surface area contributed by atoms with E-state index in [9.17, 15) is 9.90 Å². The molecule has 1 atom stereocenters. The van der Waals surface area contributed by atoms with Crippen LogP contribution in [-0.4, -0.2) is 28.5 Å². The standard InChI is InChI=1S/C26H32N4O3S/c1-4-6-19-13-17(5-2)14-21(24(19)33-12-11-22-16(3)29-15-34-22)23(26(31)32)30-20-9-7-18(8-10-20)25(27)28/h7-10,13-15,23,30H,4-6,11-12H2,1-3H3,(H3,27,28)(H,31,32). The largest absolute Gasteiger partial charge is 0.493 e. The van der Waals surface area contributed by atoms with Crippen LogP contribution in [0.1, 0.15) is 59.1 Å². The average Bonchev–Trinajstić information content (AvgIpc) is 3.23. The highest BCUT2D eigenvalue weighted by molar-refractivity contribution is 7.09. The number of carbonyl (C=O) groups is 1. The lowest BCUT2D eigenvalue weighted by atomic mass is 9.95. The number of carboxylic acid groups (broad SMARTS) is 1. The van der Waals surface area contributed by atoms with E-state index >= 15 is 0 Å². The number of thiazole rings is 1. The van der Waals surface area contributed by atoms with Gasteiger partial charge in [0.15, 0.2) is 6.04 Å². The zero-order chi connectivity index (χ0) is 24.7. The number of hydrogen-bond acceptors (Lipinski definition) is 6. The lowest BCUT2D eigenvalue weighted by Gasteiger charge is -2.23. The summed E-state index contributed by atoms with van der Waals surface area (Å²) in [6.07, 6.45) is 3.24. The third-order valence-electron chi connectivity index (χ3n) is 5.67.